The molecule has 116 valence electrons. The van der Waals surface area contributed by atoms with Crippen LogP contribution in [-0.2, 0) is 16.1 Å². The molecule has 5 atom stereocenters. The Morgan fingerprint density at radius 1 is 1.23 bits per heavy atom. The number of carboxylic acids is 1. The zero-order valence-electron chi connectivity index (χ0n) is 12.2. The predicted molar refractivity (Wildman–Crippen MR) is 77.9 cm³/mol. The molecule has 4 saturated carbocycles. The third-order valence-electron chi connectivity index (χ3n) is 5.85. The number of benzene rings is 1. The fraction of sp³-hybridized carbons (Fsp3) is 0.529. The van der Waals surface area contributed by atoms with Crippen LogP contribution in [0.25, 0.3) is 0 Å². The SMILES string of the molecule is O=C(NC1C2CCC3C(C2)C31C(=O)O)OCc1ccccc1. The second kappa shape index (κ2) is 4.73. The van der Waals surface area contributed by atoms with Crippen LogP contribution in [0.3, 0.4) is 0 Å². The maximum atomic E-state index is 12.1. The van der Waals surface area contributed by atoms with Gasteiger partial charge in [0, 0.05) is 0 Å². The van der Waals surface area contributed by atoms with Crippen LogP contribution in [0.15, 0.2) is 30.3 Å². The van der Waals surface area contributed by atoms with E-state index in [-0.39, 0.29) is 30.4 Å². The van der Waals surface area contributed by atoms with Crippen molar-refractivity contribution >= 4 is 12.1 Å². The van der Waals surface area contributed by atoms with Gasteiger partial charge in [0.05, 0.1) is 11.5 Å². The Bertz CT molecular complexity index is 610. The molecule has 1 amide bonds. The molecule has 5 heteroatoms. The van der Waals surface area contributed by atoms with Crippen molar-refractivity contribution in [3.63, 3.8) is 0 Å². The minimum atomic E-state index is -0.752. The normalized spacial score (nSPS) is 37.5. The van der Waals surface area contributed by atoms with Gasteiger partial charge in [0.15, 0.2) is 0 Å². The molecule has 5 rings (SSSR count). The maximum absolute atomic E-state index is 12.1. The lowest BCUT2D eigenvalue weighted by Crippen LogP contribution is -2.50. The number of hydrogen-bond donors (Lipinski definition) is 2. The molecule has 0 aromatic heterocycles. The van der Waals surface area contributed by atoms with Gasteiger partial charge in [-0.05, 0) is 42.6 Å². The highest BCUT2D eigenvalue weighted by atomic mass is 16.5. The van der Waals surface area contributed by atoms with Gasteiger partial charge >= 0.3 is 12.1 Å². The molecule has 0 radical (unpaired) electrons. The first-order chi connectivity index (χ1) is 10.6. The Hall–Kier alpha value is -2.04. The number of fused-ring (bicyclic) bond motifs is 1. The van der Waals surface area contributed by atoms with Crippen molar-refractivity contribution in [2.75, 3.05) is 0 Å². The van der Waals surface area contributed by atoms with Gasteiger partial charge in [-0.15, -0.1) is 0 Å². The largest absolute Gasteiger partial charge is 0.481 e. The topological polar surface area (TPSA) is 75.6 Å². The second-order valence-electron chi connectivity index (χ2n) is 6.71. The van der Waals surface area contributed by atoms with Crippen LogP contribution < -0.4 is 5.32 Å². The molecule has 5 nitrogen and oxygen atoms in total. The number of ether oxygens (including phenoxy) is 1. The lowest BCUT2D eigenvalue weighted by Gasteiger charge is -2.33. The predicted octanol–water partition coefficient (Wildman–Crippen LogP) is 2.41. The fourth-order valence-electron chi connectivity index (χ4n) is 4.93. The van der Waals surface area contributed by atoms with Crippen LogP contribution in [0.4, 0.5) is 4.79 Å². The zero-order chi connectivity index (χ0) is 15.3. The second-order valence-corrected chi connectivity index (χ2v) is 6.71. The van der Waals surface area contributed by atoms with Gasteiger partial charge in [-0.3, -0.25) is 4.79 Å². The first kappa shape index (κ1) is 13.6. The molecule has 0 saturated heterocycles. The van der Waals surface area contributed by atoms with Gasteiger partial charge in [0.25, 0.3) is 0 Å². The molecule has 1 aromatic rings. The van der Waals surface area contributed by atoms with E-state index in [2.05, 4.69) is 5.32 Å². The van der Waals surface area contributed by atoms with E-state index in [0.717, 1.165) is 24.8 Å². The number of rotatable bonds is 4. The summed E-state index contributed by atoms with van der Waals surface area (Å²) in [6, 6.07) is 9.20. The number of amides is 1. The van der Waals surface area contributed by atoms with Crippen molar-refractivity contribution in [1.82, 2.24) is 5.32 Å². The summed E-state index contributed by atoms with van der Waals surface area (Å²) in [6.07, 6.45) is 2.42. The molecule has 0 heterocycles. The standard InChI is InChI=1S/C17H19NO4/c19-15(20)17-12-7-6-11(8-13(12)17)14(17)18-16(21)22-9-10-4-2-1-3-5-10/h1-5,11-14H,6-9H2,(H,18,21)(H,19,20). The van der Waals surface area contributed by atoms with E-state index in [1.165, 1.54) is 0 Å². The van der Waals surface area contributed by atoms with Crippen molar-refractivity contribution in [3.05, 3.63) is 35.9 Å². The third kappa shape index (κ3) is 1.77. The highest BCUT2D eigenvalue weighted by molar-refractivity contribution is 5.83. The molecule has 4 bridgehead atoms. The van der Waals surface area contributed by atoms with E-state index in [1.54, 1.807) is 0 Å². The summed E-state index contributed by atoms with van der Waals surface area (Å²) in [6.45, 7) is 0.205. The summed E-state index contributed by atoms with van der Waals surface area (Å²) in [4.78, 5) is 23.8. The lowest BCUT2D eigenvalue weighted by molar-refractivity contribution is -0.146. The Morgan fingerprint density at radius 3 is 2.68 bits per heavy atom. The summed E-state index contributed by atoms with van der Waals surface area (Å²) in [5, 5.41) is 12.5. The van der Waals surface area contributed by atoms with Crippen molar-refractivity contribution in [2.24, 2.45) is 23.2 Å². The molecule has 5 unspecified atom stereocenters. The number of alkyl carbamates (subject to hydrolysis) is 1. The van der Waals surface area contributed by atoms with Gasteiger partial charge in [-0.2, -0.15) is 0 Å². The van der Waals surface area contributed by atoms with Crippen LogP contribution in [0, 0.1) is 23.2 Å². The van der Waals surface area contributed by atoms with Crippen LogP contribution in [-0.4, -0.2) is 23.2 Å². The molecule has 0 aliphatic heterocycles. The minimum absolute atomic E-state index is 0.205. The van der Waals surface area contributed by atoms with Gasteiger partial charge in [0.2, 0.25) is 0 Å². The molecule has 4 fully saturated rings. The monoisotopic (exact) mass is 301 g/mol. The van der Waals surface area contributed by atoms with Crippen molar-refractivity contribution in [3.8, 4) is 0 Å². The van der Waals surface area contributed by atoms with Crippen molar-refractivity contribution in [1.29, 1.82) is 0 Å². The Labute approximate surface area is 128 Å². The Balaban J connectivity index is 1.41. The quantitative estimate of drug-likeness (QED) is 0.895. The van der Waals surface area contributed by atoms with Gasteiger partial charge in [-0.25, -0.2) is 4.79 Å². The molecule has 4 aliphatic carbocycles. The minimum Gasteiger partial charge on any atom is -0.481 e. The van der Waals surface area contributed by atoms with E-state index in [9.17, 15) is 14.7 Å². The summed E-state index contributed by atoms with van der Waals surface area (Å²) >= 11 is 0. The summed E-state index contributed by atoms with van der Waals surface area (Å²) in [7, 11) is 0. The summed E-state index contributed by atoms with van der Waals surface area (Å²) in [5.41, 5.74) is 0.206. The smallest absolute Gasteiger partial charge is 0.407 e. The molecule has 0 spiro atoms. The number of hydrogen-bond acceptors (Lipinski definition) is 3. The average molecular weight is 301 g/mol. The molecule has 4 aliphatic rings. The van der Waals surface area contributed by atoms with E-state index in [0.29, 0.717) is 0 Å². The van der Waals surface area contributed by atoms with Crippen LogP contribution in [0.5, 0.6) is 0 Å². The highest BCUT2D eigenvalue weighted by Gasteiger charge is 2.80. The Kier molecular flexibility index (Phi) is 2.93. The van der Waals surface area contributed by atoms with Crippen LogP contribution in [0.1, 0.15) is 24.8 Å². The summed E-state index contributed by atoms with van der Waals surface area (Å²) < 4.78 is 5.25. The van der Waals surface area contributed by atoms with Gasteiger partial charge in [-0.1, -0.05) is 30.3 Å². The van der Waals surface area contributed by atoms with Gasteiger partial charge < -0.3 is 15.2 Å². The van der Waals surface area contributed by atoms with Crippen molar-refractivity contribution in [2.45, 2.75) is 31.9 Å². The van der Waals surface area contributed by atoms with Gasteiger partial charge in [0.1, 0.15) is 6.61 Å². The first-order valence-corrected chi connectivity index (χ1v) is 7.84. The number of carbonyl (C=O) groups excluding carboxylic acids is 1. The van der Waals surface area contributed by atoms with Crippen LogP contribution in [0.2, 0.25) is 0 Å². The lowest BCUT2D eigenvalue weighted by atomic mass is 9.77. The molecule has 1 aromatic carbocycles. The molecular weight excluding hydrogens is 282 g/mol. The molecular formula is C17H19NO4. The summed E-state index contributed by atoms with van der Waals surface area (Å²) in [5.74, 6) is 0.0334. The van der Waals surface area contributed by atoms with E-state index >= 15 is 0 Å². The number of nitrogens with one attached hydrogen (secondary N) is 1. The fourth-order valence-corrected chi connectivity index (χ4v) is 4.93. The first-order valence-electron chi connectivity index (χ1n) is 7.84. The molecule has 22 heavy (non-hydrogen) atoms. The van der Waals surface area contributed by atoms with Crippen molar-refractivity contribution < 1.29 is 19.4 Å². The maximum Gasteiger partial charge on any atom is 0.407 e. The van der Waals surface area contributed by atoms with E-state index < -0.39 is 17.5 Å². The number of carboxylic acid groups (broad SMARTS) is 1. The van der Waals surface area contributed by atoms with E-state index in [4.69, 9.17) is 4.74 Å². The number of aliphatic carboxylic acids is 1. The Morgan fingerprint density at radius 2 is 2.00 bits per heavy atom. The molecule has 2 N–H and O–H groups in total. The van der Waals surface area contributed by atoms with Crippen LogP contribution >= 0.6 is 0 Å². The average Bonchev–Trinajstić information content (AvgIpc) is 3.13. The highest BCUT2D eigenvalue weighted by Crippen LogP contribution is 2.75. The number of carbonyl (C=O) groups is 2. The zero-order valence-corrected chi connectivity index (χ0v) is 12.2. The third-order valence-corrected chi connectivity index (χ3v) is 5.85. The van der Waals surface area contributed by atoms with E-state index in [1.807, 2.05) is 30.3 Å².